The maximum absolute atomic E-state index is 13.1. The van der Waals surface area contributed by atoms with Gasteiger partial charge in [-0.05, 0) is 35.1 Å². The molecule has 0 saturated carbocycles. The molecule has 1 atom stereocenters. The van der Waals surface area contributed by atoms with E-state index < -0.39 is 29.0 Å². The average molecular weight is 450 g/mol. The lowest BCUT2D eigenvalue weighted by molar-refractivity contribution is -0.142. The van der Waals surface area contributed by atoms with Crippen LogP contribution in [0.5, 0.6) is 0 Å². The van der Waals surface area contributed by atoms with Gasteiger partial charge in [0.1, 0.15) is 6.04 Å². The number of para-hydroxylation sites is 1. The standard InChI is InChI=1S/C22H21F3N2O3S/c1-2-31-21(30)27(13-14-6-5-7-16(10-14)22(23,24)25)19(20(28)29)11-15-12-26-18-9-4-3-8-17(15)18/h3-10,12,19,26H,2,11,13H2,1H3,(H,28,29)/t19-/m0/s1. The molecular formula is C22H21F3N2O3S. The highest BCUT2D eigenvalue weighted by Crippen LogP contribution is 2.30. The molecule has 164 valence electrons. The number of nitrogens with one attached hydrogen (secondary N) is 1. The fourth-order valence-corrected chi connectivity index (χ4v) is 4.00. The zero-order valence-electron chi connectivity index (χ0n) is 16.6. The molecule has 0 aliphatic heterocycles. The molecule has 0 aliphatic rings. The summed E-state index contributed by atoms with van der Waals surface area (Å²) in [4.78, 5) is 29.1. The molecule has 0 aliphatic carbocycles. The van der Waals surface area contributed by atoms with Crippen molar-refractivity contribution in [2.24, 2.45) is 0 Å². The van der Waals surface area contributed by atoms with E-state index in [4.69, 9.17) is 0 Å². The van der Waals surface area contributed by atoms with Crippen LogP contribution in [0.15, 0.2) is 54.7 Å². The Kier molecular flexibility index (Phi) is 6.94. The largest absolute Gasteiger partial charge is 0.480 e. The van der Waals surface area contributed by atoms with Crippen molar-refractivity contribution < 1.29 is 27.9 Å². The molecule has 0 unspecified atom stereocenters. The van der Waals surface area contributed by atoms with Crippen molar-refractivity contribution in [1.29, 1.82) is 0 Å². The van der Waals surface area contributed by atoms with Crippen LogP contribution in [0.3, 0.4) is 0 Å². The molecule has 0 saturated heterocycles. The maximum atomic E-state index is 13.1. The first kappa shape index (κ1) is 22.7. The summed E-state index contributed by atoms with van der Waals surface area (Å²) < 4.78 is 39.3. The summed E-state index contributed by atoms with van der Waals surface area (Å²) in [7, 11) is 0. The fourth-order valence-electron chi connectivity index (χ4n) is 3.39. The van der Waals surface area contributed by atoms with Crippen LogP contribution in [0.2, 0.25) is 0 Å². The summed E-state index contributed by atoms with van der Waals surface area (Å²) >= 11 is 0.924. The number of H-pyrrole nitrogens is 1. The molecule has 3 aromatic rings. The van der Waals surface area contributed by atoms with Crippen LogP contribution in [-0.2, 0) is 23.9 Å². The number of fused-ring (bicyclic) bond motifs is 1. The number of aromatic nitrogens is 1. The predicted molar refractivity (Wildman–Crippen MR) is 114 cm³/mol. The van der Waals surface area contributed by atoms with Crippen LogP contribution < -0.4 is 0 Å². The zero-order valence-corrected chi connectivity index (χ0v) is 17.5. The molecule has 0 fully saturated rings. The monoisotopic (exact) mass is 450 g/mol. The van der Waals surface area contributed by atoms with Gasteiger partial charge in [-0.15, -0.1) is 0 Å². The molecule has 1 aromatic heterocycles. The number of carbonyl (C=O) groups excluding carboxylic acids is 1. The predicted octanol–water partition coefficient (Wildman–Crippen LogP) is 5.56. The van der Waals surface area contributed by atoms with Gasteiger partial charge >= 0.3 is 12.1 Å². The first-order valence-electron chi connectivity index (χ1n) is 9.58. The number of aromatic amines is 1. The number of carbonyl (C=O) groups is 2. The molecule has 9 heteroatoms. The van der Waals surface area contributed by atoms with E-state index in [9.17, 15) is 27.9 Å². The quantitative estimate of drug-likeness (QED) is 0.495. The topological polar surface area (TPSA) is 73.4 Å². The summed E-state index contributed by atoms with van der Waals surface area (Å²) in [6.07, 6.45) is -2.81. The van der Waals surface area contributed by atoms with Crippen LogP contribution in [0, 0.1) is 0 Å². The fraction of sp³-hybridized carbons (Fsp3) is 0.273. The number of rotatable bonds is 7. The van der Waals surface area contributed by atoms with E-state index in [1.165, 1.54) is 12.1 Å². The lowest BCUT2D eigenvalue weighted by Gasteiger charge is -2.29. The molecule has 1 heterocycles. The molecular weight excluding hydrogens is 429 g/mol. The Morgan fingerprint density at radius 1 is 1.16 bits per heavy atom. The minimum absolute atomic E-state index is 0.0221. The van der Waals surface area contributed by atoms with Gasteiger partial charge in [0.25, 0.3) is 5.24 Å². The van der Waals surface area contributed by atoms with Crippen LogP contribution in [-0.4, -0.2) is 38.0 Å². The van der Waals surface area contributed by atoms with Crippen molar-refractivity contribution in [1.82, 2.24) is 9.88 Å². The van der Waals surface area contributed by atoms with E-state index in [-0.39, 0.29) is 18.5 Å². The Hall–Kier alpha value is -2.94. The van der Waals surface area contributed by atoms with Gasteiger partial charge < -0.3 is 15.0 Å². The number of benzene rings is 2. The number of thioether (sulfide) groups is 1. The average Bonchev–Trinajstić information content (AvgIpc) is 3.13. The van der Waals surface area contributed by atoms with Crippen LogP contribution >= 0.6 is 11.8 Å². The number of carboxylic acid groups (broad SMARTS) is 1. The summed E-state index contributed by atoms with van der Waals surface area (Å²) in [5.74, 6) is -0.806. The highest BCUT2D eigenvalue weighted by molar-refractivity contribution is 8.13. The van der Waals surface area contributed by atoms with E-state index in [0.717, 1.165) is 39.7 Å². The van der Waals surface area contributed by atoms with Gasteiger partial charge in [0, 0.05) is 30.1 Å². The molecule has 2 aromatic carbocycles. The minimum Gasteiger partial charge on any atom is -0.480 e. The van der Waals surface area contributed by atoms with Crippen LogP contribution in [0.25, 0.3) is 10.9 Å². The van der Waals surface area contributed by atoms with E-state index in [1.54, 1.807) is 13.1 Å². The number of nitrogens with zero attached hydrogens (tertiary/aromatic N) is 1. The van der Waals surface area contributed by atoms with Gasteiger partial charge in [-0.25, -0.2) is 4.79 Å². The van der Waals surface area contributed by atoms with E-state index in [0.29, 0.717) is 11.3 Å². The van der Waals surface area contributed by atoms with Crippen molar-refractivity contribution in [2.45, 2.75) is 32.1 Å². The molecule has 2 N–H and O–H groups in total. The Bertz CT molecular complexity index is 1080. The zero-order chi connectivity index (χ0) is 22.6. The van der Waals surface area contributed by atoms with Crippen LogP contribution in [0.1, 0.15) is 23.6 Å². The first-order chi connectivity index (χ1) is 14.7. The van der Waals surface area contributed by atoms with E-state index in [2.05, 4.69) is 4.98 Å². The van der Waals surface area contributed by atoms with Crippen molar-refractivity contribution in [2.75, 3.05) is 5.75 Å². The minimum atomic E-state index is -4.53. The summed E-state index contributed by atoms with van der Waals surface area (Å²) in [5, 5.41) is 10.2. The van der Waals surface area contributed by atoms with Crippen molar-refractivity contribution in [3.05, 3.63) is 71.4 Å². The Balaban J connectivity index is 1.95. The Labute approximate surface area is 181 Å². The maximum Gasteiger partial charge on any atom is 0.416 e. The third kappa shape index (κ3) is 5.41. The van der Waals surface area contributed by atoms with Gasteiger partial charge in [-0.2, -0.15) is 13.2 Å². The molecule has 1 amide bonds. The second kappa shape index (κ2) is 9.47. The highest BCUT2D eigenvalue weighted by Gasteiger charge is 2.33. The van der Waals surface area contributed by atoms with Crippen molar-refractivity contribution >= 4 is 33.9 Å². The Morgan fingerprint density at radius 3 is 2.58 bits per heavy atom. The summed E-state index contributed by atoms with van der Waals surface area (Å²) in [6.45, 7) is 1.51. The Morgan fingerprint density at radius 2 is 1.90 bits per heavy atom. The third-order valence-corrected chi connectivity index (χ3v) is 5.63. The summed E-state index contributed by atoms with van der Waals surface area (Å²) in [5.41, 5.74) is 0.917. The number of amides is 1. The number of halogens is 3. The van der Waals surface area contributed by atoms with E-state index >= 15 is 0 Å². The molecule has 0 spiro atoms. The van der Waals surface area contributed by atoms with Crippen LogP contribution in [0.4, 0.5) is 18.0 Å². The molecule has 5 nitrogen and oxygen atoms in total. The normalized spacial score (nSPS) is 12.6. The lowest BCUT2D eigenvalue weighted by Crippen LogP contribution is -2.44. The van der Waals surface area contributed by atoms with Crippen molar-refractivity contribution in [3.8, 4) is 0 Å². The van der Waals surface area contributed by atoms with Gasteiger partial charge in [-0.3, -0.25) is 4.79 Å². The smallest absolute Gasteiger partial charge is 0.416 e. The number of aliphatic carboxylic acids is 1. The molecule has 31 heavy (non-hydrogen) atoms. The number of alkyl halides is 3. The number of hydrogen-bond donors (Lipinski definition) is 2. The van der Waals surface area contributed by atoms with Gasteiger partial charge in [-0.1, -0.05) is 49.0 Å². The highest BCUT2D eigenvalue weighted by atomic mass is 32.2. The third-order valence-electron chi connectivity index (χ3n) is 4.86. The number of hydrogen-bond acceptors (Lipinski definition) is 3. The summed E-state index contributed by atoms with van der Waals surface area (Å²) in [6, 6.07) is 10.7. The lowest BCUT2D eigenvalue weighted by atomic mass is 10.0. The first-order valence-corrected chi connectivity index (χ1v) is 10.6. The molecule has 0 bridgehead atoms. The molecule has 3 rings (SSSR count). The van der Waals surface area contributed by atoms with Gasteiger partial charge in [0.05, 0.1) is 5.56 Å². The van der Waals surface area contributed by atoms with E-state index in [1.807, 2.05) is 24.3 Å². The molecule has 0 radical (unpaired) electrons. The van der Waals surface area contributed by atoms with Crippen molar-refractivity contribution in [3.63, 3.8) is 0 Å². The second-order valence-corrected chi connectivity index (χ2v) is 8.16. The second-order valence-electron chi connectivity index (χ2n) is 6.94. The number of carboxylic acids is 1. The SMILES string of the molecule is CCSC(=O)N(Cc1cccc(C(F)(F)F)c1)[C@@H](Cc1c[nH]c2ccccc12)C(=O)O. The van der Waals surface area contributed by atoms with Gasteiger partial charge in [0.15, 0.2) is 0 Å². The van der Waals surface area contributed by atoms with Gasteiger partial charge in [0.2, 0.25) is 0 Å².